The molecule has 1 rings (SSSR count). The van der Waals surface area contributed by atoms with E-state index in [1.807, 2.05) is 25.6 Å². The number of amides is 2. The van der Waals surface area contributed by atoms with Gasteiger partial charge < -0.3 is 15.7 Å². The van der Waals surface area contributed by atoms with Crippen LogP contribution in [0.1, 0.15) is 46.5 Å². The van der Waals surface area contributed by atoms with Gasteiger partial charge in [-0.15, -0.1) is 0 Å². The van der Waals surface area contributed by atoms with Crippen LogP contribution in [0.4, 0.5) is 4.79 Å². The van der Waals surface area contributed by atoms with Gasteiger partial charge in [0, 0.05) is 23.9 Å². The van der Waals surface area contributed by atoms with Gasteiger partial charge in [0.25, 0.3) is 0 Å². The second kappa shape index (κ2) is 8.69. The summed E-state index contributed by atoms with van der Waals surface area (Å²) in [6, 6.07) is 0.198. The van der Waals surface area contributed by atoms with Crippen LogP contribution < -0.4 is 10.6 Å². The summed E-state index contributed by atoms with van der Waals surface area (Å²) in [6.45, 7) is 6.14. The van der Waals surface area contributed by atoms with E-state index in [1.54, 1.807) is 0 Å². The first-order chi connectivity index (χ1) is 9.06. The standard InChI is InChI=1S/C14H28N2O2S/c1-4-19-13-7-5-6-12(8-13)16-14(18)15-11(3)10(2)9-17/h10-13,17H,4-9H2,1-3H3,(H2,15,16,18)/t10-,11+,12-,13+/m0/s1. The summed E-state index contributed by atoms with van der Waals surface area (Å²) < 4.78 is 0. The van der Waals surface area contributed by atoms with E-state index in [4.69, 9.17) is 5.11 Å². The molecule has 5 heteroatoms. The fourth-order valence-corrected chi connectivity index (χ4v) is 3.57. The van der Waals surface area contributed by atoms with E-state index >= 15 is 0 Å². The number of hydrogen-bond acceptors (Lipinski definition) is 3. The van der Waals surface area contributed by atoms with Crippen molar-refractivity contribution in [3.63, 3.8) is 0 Å². The Morgan fingerprint density at radius 1 is 1.42 bits per heavy atom. The van der Waals surface area contributed by atoms with Gasteiger partial charge >= 0.3 is 6.03 Å². The average Bonchev–Trinajstić information content (AvgIpc) is 2.38. The minimum absolute atomic E-state index is 0.00518. The molecule has 1 fully saturated rings. The van der Waals surface area contributed by atoms with E-state index in [1.165, 1.54) is 12.8 Å². The monoisotopic (exact) mass is 288 g/mol. The van der Waals surface area contributed by atoms with Gasteiger partial charge in [0.1, 0.15) is 0 Å². The summed E-state index contributed by atoms with van der Waals surface area (Å²) in [4.78, 5) is 11.9. The van der Waals surface area contributed by atoms with Crippen molar-refractivity contribution in [3.05, 3.63) is 0 Å². The number of carbonyl (C=O) groups is 1. The Hall–Kier alpha value is -0.420. The molecule has 0 unspecified atom stereocenters. The largest absolute Gasteiger partial charge is 0.396 e. The van der Waals surface area contributed by atoms with E-state index in [0.29, 0.717) is 11.3 Å². The lowest BCUT2D eigenvalue weighted by Gasteiger charge is -2.30. The summed E-state index contributed by atoms with van der Waals surface area (Å²) in [5, 5.41) is 15.7. The normalized spacial score (nSPS) is 26.5. The fourth-order valence-electron chi connectivity index (χ4n) is 2.40. The third kappa shape index (κ3) is 6.04. The summed E-state index contributed by atoms with van der Waals surface area (Å²) in [5.41, 5.74) is 0. The van der Waals surface area contributed by atoms with Crippen molar-refractivity contribution in [1.29, 1.82) is 0 Å². The highest BCUT2D eigenvalue weighted by atomic mass is 32.2. The van der Waals surface area contributed by atoms with Gasteiger partial charge in [-0.2, -0.15) is 11.8 Å². The van der Waals surface area contributed by atoms with Crippen LogP contribution in [0.5, 0.6) is 0 Å². The number of aliphatic hydroxyl groups excluding tert-OH is 1. The van der Waals surface area contributed by atoms with Gasteiger partial charge in [0.2, 0.25) is 0 Å². The van der Waals surface area contributed by atoms with Gasteiger partial charge in [0.15, 0.2) is 0 Å². The number of aliphatic hydroxyl groups is 1. The van der Waals surface area contributed by atoms with E-state index in [0.717, 1.165) is 18.6 Å². The summed E-state index contributed by atoms with van der Waals surface area (Å²) in [6.07, 6.45) is 4.63. The molecule has 112 valence electrons. The number of hydrogen-bond donors (Lipinski definition) is 3. The molecule has 0 spiro atoms. The number of rotatable bonds is 6. The average molecular weight is 288 g/mol. The Labute approximate surface area is 121 Å². The van der Waals surface area contributed by atoms with Gasteiger partial charge in [-0.1, -0.05) is 20.3 Å². The first kappa shape index (κ1) is 16.6. The molecule has 1 saturated carbocycles. The zero-order valence-corrected chi connectivity index (χ0v) is 13.1. The topological polar surface area (TPSA) is 61.4 Å². The summed E-state index contributed by atoms with van der Waals surface area (Å²) in [5.74, 6) is 1.23. The van der Waals surface area contributed by atoms with Crippen molar-refractivity contribution in [2.75, 3.05) is 12.4 Å². The maximum Gasteiger partial charge on any atom is 0.315 e. The molecule has 0 heterocycles. The minimum atomic E-state index is -0.0973. The van der Waals surface area contributed by atoms with Gasteiger partial charge in [0.05, 0.1) is 0 Å². The zero-order valence-electron chi connectivity index (χ0n) is 12.3. The van der Waals surface area contributed by atoms with Gasteiger partial charge in [-0.3, -0.25) is 0 Å². The second-order valence-electron chi connectivity index (χ2n) is 5.51. The Kier molecular flexibility index (Phi) is 7.61. The molecule has 2 amide bonds. The molecule has 0 bridgehead atoms. The lowest BCUT2D eigenvalue weighted by molar-refractivity contribution is 0.197. The molecule has 1 aliphatic rings. The van der Waals surface area contributed by atoms with E-state index in [-0.39, 0.29) is 24.6 Å². The number of carbonyl (C=O) groups excluding carboxylic acids is 1. The van der Waals surface area contributed by atoms with E-state index in [9.17, 15) is 4.79 Å². The van der Waals surface area contributed by atoms with Crippen molar-refractivity contribution in [3.8, 4) is 0 Å². The maximum absolute atomic E-state index is 11.9. The lowest BCUT2D eigenvalue weighted by Crippen LogP contribution is -2.49. The summed E-state index contributed by atoms with van der Waals surface area (Å²) >= 11 is 2.00. The van der Waals surface area contributed by atoms with Gasteiger partial charge in [-0.05, 0) is 37.9 Å². The van der Waals surface area contributed by atoms with Crippen LogP contribution in [0.25, 0.3) is 0 Å². The molecule has 0 saturated heterocycles. The molecule has 0 aromatic rings. The quantitative estimate of drug-likeness (QED) is 0.703. The van der Waals surface area contributed by atoms with Crippen molar-refractivity contribution in [2.45, 2.75) is 63.8 Å². The zero-order chi connectivity index (χ0) is 14.3. The van der Waals surface area contributed by atoms with Crippen molar-refractivity contribution in [1.82, 2.24) is 10.6 Å². The molecule has 4 atom stereocenters. The molecule has 3 N–H and O–H groups in total. The smallest absolute Gasteiger partial charge is 0.315 e. The molecular weight excluding hydrogens is 260 g/mol. The molecule has 0 radical (unpaired) electrons. The molecule has 1 aliphatic carbocycles. The van der Waals surface area contributed by atoms with Crippen molar-refractivity contribution >= 4 is 17.8 Å². The molecule has 4 nitrogen and oxygen atoms in total. The first-order valence-corrected chi connectivity index (χ1v) is 8.41. The van der Waals surface area contributed by atoms with Crippen LogP contribution in [0.2, 0.25) is 0 Å². The highest BCUT2D eigenvalue weighted by molar-refractivity contribution is 7.99. The minimum Gasteiger partial charge on any atom is -0.396 e. The second-order valence-corrected chi connectivity index (χ2v) is 7.08. The molecule has 0 aromatic carbocycles. The Morgan fingerprint density at radius 3 is 2.79 bits per heavy atom. The third-order valence-electron chi connectivity index (χ3n) is 3.86. The third-order valence-corrected chi connectivity index (χ3v) is 5.10. The predicted octanol–water partition coefficient (Wildman–Crippen LogP) is 2.37. The number of urea groups is 1. The lowest BCUT2D eigenvalue weighted by atomic mass is 9.95. The van der Waals surface area contributed by atoms with Crippen LogP contribution in [0, 0.1) is 5.92 Å². The first-order valence-electron chi connectivity index (χ1n) is 7.36. The SMILES string of the molecule is CCS[C@@H]1CCC[C@H](NC(=O)N[C@H](C)[C@@H](C)CO)C1. The summed E-state index contributed by atoms with van der Waals surface area (Å²) in [7, 11) is 0. The maximum atomic E-state index is 11.9. The predicted molar refractivity (Wildman–Crippen MR) is 81.6 cm³/mol. The Morgan fingerprint density at radius 2 is 2.16 bits per heavy atom. The van der Waals surface area contributed by atoms with Crippen LogP contribution in [-0.4, -0.2) is 40.8 Å². The molecule has 0 aliphatic heterocycles. The Balaban J connectivity index is 2.31. The van der Waals surface area contributed by atoms with Gasteiger partial charge in [-0.25, -0.2) is 4.79 Å². The Bertz CT molecular complexity index is 274. The van der Waals surface area contributed by atoms with Crippen LogP contribution in [0.3, 0.4) is 0 Å². The van der Waals surface area contributed by atoms with E-state index in [2.05, 4.69) is 17.6 Å². The van der Waals surface area contributed by atoms with Crippen LogP contribution in [0.15, 0.2) is 0 Å². The molecular formula is C14H28N2O2S. The molecule has 0 aromatic heterocycles. The number of thioether (sulfide) groups is 1. The molecule has 19 heavy (non-hydrogen) atoms. The highest BCUT2D eigenvalue weighted by Crippen LogP contribution is 2.28. The number of nitrogens with one attached hydrogen (secondary N) is 2. The van der Waals surface area contributed by atoms with Crippen molar-refractivity contribution < 1.29 is 9.90 Å². The van der Waals surface area contributed by atoms with Crippen LogP contribution >= 0.6 is 11.8 Å². The fraction of sp³-hybridized carbons (Fsp3) is 0.929. The van der Waals surface area contributed by atoms with Crippen LogP contribution in [-0.2, 0) is 0 Å². The van der Waals surface area contributed by atoms with Crippen molar-refractivity contribution in [2.24, 2.45) is 5.92 Å². The highest BCUT2D eigenvalue weighted by Gasteiger charge is 2.23. The van der Waals surface area contributed by atoms with E-state index < -0.39 is 0 Å².